The van der Waals surface area contributed by atoms with E-state index in [1.807, 2.05) is 44.0 Å². The third-order valence-corrected chi connectivity index (χ3v) is 4.56. The second-order valence-corrected chi connectivity index (χ2v) is 6.48. The molecule has 2 rings (SSSR count). The molecule has 1 aliphatic rings. The van der Waals surface area contributed by atoms with Crippen molar-refractivity contribution >= 4 is 34.2 Å². The van der Waals surface area contributed by atoms with Gasteiger partial charge >= 0.3 is 0 Å². The number of benzene rings is 1. The fourth-order valence-electron chi connectivity index (χ4n) is 2.60. The Morgan fingerprint density at radius 1 is 1.41 bits per heavy atom. The van der Waals surface area contributed by atoms with E-state index >= 15 is 0 Å². The molecule has 0 saturated carbocycles. The van der Waals surface area contributed by atoms with Gasteiger partial charge < -0.3 is 15.0 Å². The number of hydrogen-bond acceptors (Lipinski definition) is 3. The highest BCUT2D eigenvalue weighted by molar-refractivity contribution is 9.10. The van der Waals surface area contributed by atoms with E-state index in [0.29, 0.717) is 11.8 Å². The number of rotatable bonds is 4. The largest absolute Gasteiger partial charge is 0.480 e. The highest BCUT2D eigenvalue weighted by Gasteiger charge is 2.26. The predicted molar refractivity (Wildman–Crippen MR) is 94.9 cm³/mol. The molecule has 4 nitrogen and oxygen atoms in total. The molecule has 0 aliphatic carbocycles. The summed E-state index contributed by atoms with van der Waals surface area (Å²) in [7, 11) is 1.88. The number of ether oxygens (including phenoxy) is 1. The molecule has 1 unspecified atom stereocenters. The molecule has 1 N–H and O–H groups in total. The van der Waals surface area contributed by atoms with Crippen molar-refractivity contribution in [2.24, 2.45) is 0 Å². The number of amides is 1. The molecule has 0 spiro atoms. The van der Waals surface area contributed by atoms with Crippen LogP contribution in [0.3, 0.4) is 0 Å². The fourth-order valence-corrected chi connectivity index (χ4v) is 3.19. The lowest BCUT2D eigenvalue weighted by Crippen LogP contribution is -2.48. The summed E-state index contributed by atoms with van der Waals surface area (Å²) in [4.78, 5) is 14.3. The number of halogens is 2. The fraction of sp³-hybridized carbons (Fsp3) is 0.562. The van der Waals surface area contributed by atoms with Crippen molar-refractivity contribution in [1.29, 1.82) is 0 Å². The van der Waals surface area contributed by atoms with Crippen LogP contribution in [-0.2, 0) is 4.79 Å². The van der Waals surface area contributed by atoms with Gasteiger partial charge in [0.05, 0.1) is 4.47 Å². The van der Waals surface area contributed by atoms with E-state index in [4.69, 9.17) is 4.74 Å². The van der Waals surface area contributed by atoms with Crippen molar-refractivity contribution in [3.8, 4) is 5.75 Å². The zero-order valence-electron chi connectivity index (χ0n) is 13.3. The molecule has 0 radical (unpaired) electrons. The molecule has 1 amide bonds. The molecule has 6 heteroatoms. The van der Waals surface area contributed by atoms with Crippen LogP contribution in [0.1, 0.15) is 25.3 Å². The summed E-state index contributed by atoms with van der Waals surface area (Å²) in [6, 6.07) is 6.18. The molecule has 124 valence electrons. The molecule has 1 aromatic carbocycles. The standard InChI is InChI=1S/C16H23BrN2O2.ClH/c1-11-4-5-15(14(17)10-11)21-12(2)16(20)19(3)13-6-8-18-9-7-13;/h4-5,10,12-13,18H,6-9H2,1-3H3;1H. The minimum Gasteiger partial charge on any atom is -0.480 e. The highest BCUT2D eigenvalue weighted by Crippen LogP contribution is 2.27. The van der Waals surface area contributed by atoms with Crippen molar-refractivity contribution < 1.29 is 9.53 Å². The first-order chi connectivity index (χ1) is 9.99. The first kappa shape index (κ1) is 19.3. The van der Waals surface area contributed by atoms with Crippen LogP contribution >= 0.6 is 28.3 Å². The van der Waals surface area contributed by atoms with Gasteiger partial charge in [-0.3, -0.25) is 4.79 Å². The monoisotopic (exact) mass is 390 g/mol. The Labute approximate surface area is 147 Å². The Hall–Kier alpha value is -0.780. The summed E-state index contributed by atoms with van der Waals surface area (Å²) >= 11 is 3.48. The summed E-state index contributed by atoms with van der Waals surface area (Å²) in [6.07, 6.45) is 1.52. The average molecular weight is 392 g/mol. The van der Waals surface area contributed by atoms with E-state index in [9.17, 15) is 4.79 Å². The van der Waals surface area contributed by atoms with Crippen LogP contribution in [-0.4, -0.2) is 43.1 Å². The minimum absolute atomic E-state index is 0. The number of aryl methyl sites for hydroxylation is 1. The van der Waals surface area contributed by atoms with Gasteiger partial charge in [0.25, 0.3) is 5.91 Å². The molecule has 22 heavy (non-hydrogen) atoms. The van der Waals surface area contributed by atoms with Crippen molar-refractivity contribution in [3.63, 3.8) is 0 Å². The van der Waals surface area contributed by atoms with Crippen LogP contribution in [0.5, 0.6) is 5.75 Å². The topological polar surface area (TPSA) is 41.6 Å². The summed E-state index contributed by atoms with van der Waals surface area (Å²) in [5.41, 5.74) is 1.15. The second-order valence-electron chi connectivity index (χ2n) is 5.62. The molecule has 1 aliphatic heterocycles. The quantitative estimate of drug-likeness (QED) is 0.857. The van der Waals surface area contributed by atoms with Crippen molar-refractivity contribution in [2.45, 2.75) is 38.8 Å². The van der Waals surface area contributed by atoms with E-state index in [-0.39, 0.29) is 18.3 Å². The maximum absolute atomic E-state index is 12.5. The maximum Gasteiger partial charge on any atom is 0.263 e. The van der Waals surface area contributed by atoms with Crippen LogP contribution in [0.2, 0.25) is 0 Å². The molecule has 1 fully saturated rings. The SMILES string of the molecule is Cc1ccc(OC(C)C(=O)N(C)C2CCNCC2)c(Br)c1.Cl. The van der Waals surface area contributed by atoms with Crippen LogP contribution in [0.25, 0.3) is 0 Å². The normalized spacial score (nSPS) is 16.5. The molecule has 1 aromatic rings. The van der Waals surface area contributed by atoms with Gasteiger partial charge in [0.2, 0.25) is 0 Å². The highest BCUT2D eigenvalue weighted by atomic mass is 79.9. The Morgan fingerprint density at radius 3 is 2.64 bits per heavy atom. The van der Waals surface area contributed by atoms with Gasteiger partial charge in [-0.15, -0.1) is 12.4 Å². The number of carbonyl (C=O) groups is 1. The summed E-state index contributed by atoms with van der Waals surface area (Å²) in [5.74, 6) is 0.745. The van der Waals surface area contributed by atoms with Gasteiger partial charge in [0, 0.05) is 13.1 Å². The van der Waals surface area contributed by atoms with Crippen LogP contribution in [0.4, 0.5) is 0 Å². The second kappa shape index (κ2) is 8.75. The number of carbonyl (C=O) groups excluding carboxylic acids is 1. The summed E-state index contributed by atoms with van der Waals surface area (Å²) in [5, 5.41) is 3.31. The third-order valence-electron chi connectivity index (χ3n) is 3.94. The lowest BCUT2D eigenvalue weighted by atomic mass is 10.0. The molecule has 0 aromatic heterocycles. The zero-order valence-corrected chi connectivity index (χ0v) is 15.7. The lowest BCUT2D eigenvalue weighted by molar-refractivity contribution is -0.139. The maximum atomic E-state index is 12.5. The lowest BCUT2D eigenvalue weighted by Gasteiger charge is -2.33. The number of piperidine rings is 1. The first-order valence-corrected chi connectivity index (χ1v) is 8.18. The van der Waals surface area contributed by atoms with Crippen LogP contribution < -0.4 is 10.1 Å². The van der Waals surface area contributed by atoms with Crippen molar-refractivity contribution in [3.05, 3.63) is 28.2 Å². The molecule has 0 bridgehead atoms. The molecule has 1 heterocycles. The Morgan fingerprint density at radius 2 is 2.05 bits per heavy atom. The van der Waals surface area contributed by atoms with Crippen molar-refractivity contribution in [2.75, 3.05) is 20.1 Å². The van der Waals surface area contributed by atoms with E-state index < -0.39 is 6.10 Å². The van der Waals surface area contributed by atoms with Crippen LogP contribution in [0, 0.1) is 6.92 Å². The first-order valence-electron chi connectivity index (χ1n) is 7.39. The number of hydrogen-bond donors (Lipinski definition) is 1. The number of nitrogens with zero attached hydrogens (tertiary/aromatic N) is 1. The number of likely N-dealkylation sites (N-methyl/N-ethyl adjacent to an activating group) is 1. The Bertz CT molecular complexity index is 507. The number of nitrogens with one attached hydrogen (secondary N) is 1. The Kier molecular flexibility index (Phi) is 7.66. The smallest absolute Gasteiger partial charge is 0.263 e. The molecular formula is C16H24BrClN2O2. The minimum atomic E-state index is -0.483. The van der Waals surface area contributed by atoms with E-state index in [0.717, 1.165) is 36.0 Å². The summed E-state index contributed by atoms with van der Waals surface area (Å²) in [6.45, 7) is 5.78. The molecular weight excluding hydrogens is 368 g/mol. The van der Waals surface area contributed by atoms with E-state index in [2.05, 4.69) is 21.2 Å². The van der Waals surface area contributed by atoms with Gasteiger partial charge in [-0.25, -0.2) is 0 Å². The van der Waals surface area contributed by atoms with Gasteiger partial charge in [-0.1, -0.05) is 6.07 Å². The zero-order chi connectivity index (χ0) is 15.4. The Balaban J connectivity index is 0.00000242. The van der Waals surface area contributed by atoms with Gasteiger partial charge in [-0.2, -0.15) is 0 Å². The van der Waals surface area contributed by atoms with Gasteiger partial charge in [0.15, 0.2) is 6.10 Å². The third kappa shape index (κ3) is 4.86. The van der Waals surface area contributed by atoms with Crippen molar-refractivity contribution in [1.82, 2.24) is 10.2 Å². The average Bonchev–Trinajstić information content (AvgIpc) is 2.49. The molecule has 1 atom stereocenters. The van der Waals surface area contributed by atoms with E-state index in [1.54, 1.807) is 0 Å². The van der Waals surface area contributed by atoms with Gasteiger partial charge in [-0.05, 0) is 73.4 Å². The van der Waals surface area contributed by atoms with E-state index in [1.165, 1.54) is 0 Å². The molecule has 1 saturated heterocycles. The predicted octanol–water partition coefficient (Wildman–Crippen LogP) is 3.16. The van der Waals surface area contributed by atoms with Gasteiger partial charge in [0.1, 0.15) is 5.75 Å². The summed E-state index contributed by atoms with van der Waals surface area (Å²) < 4.78 is 6.70. The van der Waals surface area contributed by atoms with Crippen LogP contribution in [0.15, 0.2) is 22.7 Å².